The number of nitrogens with zero attached hydrogens (tertiary/aromatic N) is 2. The summed E-state index contributed by atoms with van der Waals surface area (Å²) >= 11 is 0. The summed E-state index contributed by atoms with van der Waals surface area (Å²) in [5.41, 5.74) is 0.112. The molecule has 1 saturated carbocycles. The van der Waals surface area contributed by atoms with Crippen LogP contribution in [0.1, 0.15) is 84.0 Å². The zero-order chi connectivity index (χ0) is 23.0. The van der Waals surface area contributed by atoms with Crippen LogP contribution in [0.4, 0.5) is 0 Å². The summed E-state index contributed by atoms with van der Waals surface area (Å²) in [6.07, 6.45) is 4.83. The van der Waals surface area contributed by atoms with Gasteiger partial charge >= 0.3 is 0 Å². The van der Waals surface area contributed by atoms with Crippen LogP contribution >= 0.6 is 0 Å². The van der Waals surface area contributed by atoms with Crippen molar-refractivity contribution in [3.63, 3.8) is 0 Å². The summed E-state index contributed by atoms with van der Waals surface area (Å²) < 4.78 is 0. The fraction of sp³-hybridized carbons (Fsp3) is 0.680. The van der Waals surface area contributed by atoms with Crippen molar-refractivity contribution in [3.05, 3.63) is 29.8 Å². The Morgan fingerprint density at radius 3 is 2.10 bits per heavy atom. The van der Waals surface area contributed by atoms with Crippen molar-refractivity contribution in [3.8, 4) is 5.75 Å². The summed E-state index contributed by atoms with van der Waals surface area (Å²) in [5, 5.41) is 13.3. The number of carbonyl (C=O) groups excluding carboxylic acids is 2. The molecule has 172 valence electrons. The van der Waals surface area contributed by atoms with Crippen molar-refractivity contribution in [1.82, 2.24) is 15.1 Å². The van der Waals surface area contributed by atoms with Crippen LogP contribution in [0.25, 0.3) is 0 Å². The quantitative estimate of drug-likeness (QED) is 0.761. The smallest absolute Gasteiger partial charge is 0.254 e. The number of nitrogens with one attached hydrogen (secondary N) is 1. The van der Waals surface area contributed by atoms with Crippen LogP contribution in [0.15, 0.2) is 24.3 Å². The van der Waals surface area contributed by atoms with E-state index in [-0.39, 0.29) is 29.1 Å². The van der Waals surface area contributed by atoms with E-state index in [1.807, 2.05) is 25.7 Å². The van der Waals surface area contributed by atoms with Gasteiger partial charge < -0.3 is 20.2 Å². The van der Waals surface area contributed by atoms with Gasteiger partial charge in [-0.15, -0.1) is 0 Å². The molecule has 1 aliphatic heterocycles. The molecule has 31 heavy (non-hydrogen) atoms. The minimum atomic E-state index is -0.487. The molecule has 0 unspecified atom stereocenters. The summed E-state index contributed by atoms with van der Waals surface area (Å²) in [4.78, 5) is 30.6. The molecule has 1 saturated heterocycles. The lowest BCUT2D eigenvalue weighted by Gasteiger charge is -2.41. The molecular formula is C25H39N3O3. The van der Waals surface area contributed by atoms with Crippen LogP contribution in [0.2, 0.25) is 0 Å². The van der Waals surface area contributed by atoms with Gasteiger partial charge in [0.1, 0.15) is 11.8 Å². The molecule has 0 bridgehead atoms. The number of likely N-dealkylation sites (tertiary alicyclic amines) is 1. The highest BCUT2D eigenvalue weighted by molar-refractivity contribution is 5.98. The average molecular weight is 430 g/mol. The fourth-order valence-electron chi connectivity index (χ4n) is 5.09. The average Bonchev–Trinajstić information content (AvgIpc) is 3.02. The number of phenols is 1. The number of hydrogen-bond donors (Lipinski definition) is 2. The molecular weight excluding hydrogens is 390 g/mol. The third-order valence-electron chi connectivity index (χ3n) is 6.35. The van der Waals surface area contributed by atoms with Crippen molar-refractivity contribution in [2.24, 2.45) is 0 Å². The predicted octanol–water partition coefficient (Wildman–Crippen LogP) is 3.93. The van der Waals surface area contributed by atoms with Crippen LogP contribution in [0.5, 0.6) is 5.75 Å². The second kappa shape index (κ2) is 8.81. The Bertz CT molecular complexity index is 784. The van der Waals surface area contributed by atoms with E-state index in [1.165, 1.54) is 12.1 Å². The third-order valence-corrected chi connectivity index (χ3v) is 6.35. The minimum absolute atomic E-state index is 0.0780. The van der Waals surface area contributed by atoms with Gasteiger partial charge in [0.2, 0.25) is 5.91 Å². The molecule has 1 atom stereocenters. The molecule has 2 N–H and O–H groups in total. The maximum absolute atomic E-state index is 13.5. The zero-order valence-corrected chi connectivity index (χ0v) is 19.9. The first-order valence-electron chi connectivity index (χ1n) is 11.6. The van der Waals surface area contributed by atoms with Gasteiger partial charge in [0.25, 0.3) is 5.91 Å². The number of benzene rings is 1. The molecule has 1 aromatic rings. The highest BCUT2D eigenvalue weighted by Crippen LogP contribution is 2.32. The Balaban J connectivity index is 1.70. The summed E-state index contributed by atoms with van der Waals surface area (Å²) in [6, 6.07) is 6.61. The van der Waals surface area contributed by atoms with Gasteiger partial charge in [-0.25, -0.2) is 0 Å². The molecule has 0 aromatic heterocycles. The number of hydrogen-bond acceptors (Lipinski definition) is 4. The first-order valence-corrected chi connectivity index (χ1v) is 11.6. The second-order valence-electron chi connectivity index (χ2n) is 11.1. The third kappa shape index (κ3) is 5.59. The van der Waals surface area contributed by atoms with E-state index in [0.717, 1.165) is 25.7 Å². The van der Waals surface area contributed by atoms with Crippen molar-refractivity contribution in [2.75, 3.05) is 6.54 Å². The molecule has 1 aromatic carbocycles. The molecule has 3 rings (SSSR count). The van der Waals surface area contributed by atoms with Gasteiger partial charge in [0.05, 0.1) is 0 Å². The van der Waals surface area contributed by atoms with Crippen LogP contribution in [0, 0.1) is 0 Å². The Kier molecular flexibility index (Phi) is 6.70. The predicted molar refractivity (Wildman–Crippen MR) is 123 cm³/mol. The van der Waals surface area contributed by atoms with E-state index < -0.39 is 11.6 Å². The monoisotopic (exact) mass is 429 g/mol. The van der Waals surface area contributed by atoms with E-state index in [1.54, 1.807) is 17.0 Å². The summed E-state index contributed by atoms with van der Waals surface area (Å²) in [6.45, 7) is 13.2. The van der Waals surface area contributed by atoms with Gasteiger partial charge in [0, 0.05) is 35.3 Å². The Morgan fingerprint density at radius 2 is 1.58 bits per heavy atom. The van der Waals surface area contributed by atoms with Gasteiger partial charge in [0.15, 0.2) is 0 Å². The van der Waals surface area contributed by atoms with E-state index in [4.69, 9.17) is 0 Å². The fourth-order valence-corrected chi connectivity index (χ4v) is 5.09. The molecule has 6 heteroatoms. The Morgan fingerprint density at radius 1 is 1.00 bits per heavy atom. The van der Waals surface area contributed by atoms with Crippen LogP contribution < -0.4 is 5.32 Å². The molecule has 2 aliphatic rings. The SMILES string of the molecule is CC(C)(C)N[C@H]1CC[C@H](N2CC[C@H](N(C(=O)c3ccc(O)cc3)C(C)(C)C)C2=O)CC1. The van der Waals surface area contributed by atoms with Gasteiger partial charge in [-0.3, -0.25) is 9.59 Å². The number of amides is 2. The lowest BCUT2D eigenvalue weighted by molar-refractivity contribution is -0.135. The standard InChI is InChI=1S/C25H39N3O3/c1-24(2,3)26-18-9-11-19(12-10-18)27-16-15-21(23(27)31)28(25(4,5)6)22(30)17-7-13-20(29)14-8-17/h7-8,13-14,18-19,21,26,29H,9-12,15-16H2,1-6H3/t18-,19-,21-/m0/s1. The number of aromatic hydroxyl groups is 1. The van der Waals surface area contributed by atoms with E-state index in [9.17, 15) is 14.7 Å². The van der Waals surface area contributed by atoms with Crippen LogP contribution in [-0.2, 0) is 4.79 Å². The minimum Gasteiger partial charge on any atom is -0.508 e. The van der Waals surface area contributed by atoms with Crippen molar-refractivity contribution in [1.29, 1.82) is 0 Å². The molecule has 2 amide bonds. The first kappa shape index (κ1) is 23.6. The maximum Gasteiger partial charge on any atom is 0.254 e. The largest absolute Gasteiger partial charge is 0.508 e. The van der Waals surface area contributed by atoms with E-state index in [2.05, 4.69) is 26.1 Å². The van der Waals surface area contributed by atoms with Crippen molar-refractivity contribution >= 4 is 11.8 Å². The van der Waals surface area contributed by atoms with Gasteiger partial charge in [-0.2, -0.15) is 0 Å². The topological polar surface area (TPSA) is 72.9 Å². The van der Waals surface area contributed by atoms with Crippen molar-refractivity contribution in [2.45, 2.75) is 103 Å². The first-order chi connectivity index (χ1) is 14.4. The van der Waals surface area contributed by atoms with Crippen LogP contribution in [-0.4, -0.2) is 62.5 Å². The van der Waals surface area contributed by atoms with Gasteiger partial charge in [-0.05, 0) is 97.9 Å². The molecule has 1 heterocycles. The molecule has 1 aliphatic carbocycles. The van der Waals surface area contributed by atoms with E-state index >= 15 is 0 Å². The highest BCUT2D eigenvalue weighted by Gasteiger charge is 2.45. The lowest BCUT2D eigenvalue weighted by Crippen LogP contribution is -2.55. The van der Waals surface area contributed by atoms with Gasteiger partial charge in [-0.1, -0.05) is 0 Å². The molecule has 0 spiro atoms. The number of phenolic OH excluding ortho intramolecular Hbond substituents is 1. The summed E-state index contributed by atoms with van der Waals surface area (Å²) in [5.74, 6) is 0.0404. The molecule has 0 radical (unpaired) electrons. The maximum atomic E-state index is 13.5. The number of carbonyl (C=O) groups is 2. The van der Waals surface area contributed by atoms with E-state index in [0.29, 0.717) is 24.6 Å². The van der Waals surface area contributed by atoms with Crippen LogP contribution in [0.3, 0.4) is 0 Å². The lowest BCUT2D eigenvalue weighted by atomic mass is 9.89. The Hall–Kier alpha value is -2.08. The van der Waals surface area contributed by atoms with Crippen molar-refractivity contribution < 1.29 is 14.7 Å². The second-order valence-corrected chi connectivity index (χ2v) is 11.1. The number of rotatable bonds is 4. The molecule has 2 fully saturated rings. The Labute approximate surface area is 187 Å². The summed E-state index contributed by atoms with van der Waals surface area (Å²) in [7, 11) is 0. The zero-order valence-electron chi connectivity index (χ0n) is 19.9. The highest BCUT2D eigenvalue weighted by atomic mass is 16.3. The molecule has 6 nitrogen and oxygen atoms in total. The normalized spacial score (nSPS) is 25.0.